The van der Waals surface area contributed by atoms with E-state index in [1.54, 1.807) is 6.20 Å². The number of hydrogen-bond acceptors (Lipinski definition) is 4. The maximum absolute atomic E-state index is 11.3. The Morgan fingerprint density at radius 3 is 2.69 bits per heavy atom. The number of sulfone groups is 1. The van der Waals surface area contributed by atoms with Gasteiger partial charge in [0.2, 0.25) is 0 Å². The molecule has 0 radical (unpaired) electrons. The minimum atomic E-state index is -2.86. The van der Waals surface area contributed by atoms with E-state index in [0.717, 1.165) is 0 Å². The van der Waals surface area contributed by atoms with Crippen LogP contribution in [0.5, 0.6) is 0 Å². The average Bonchev–Trinajstić information content (AvgIpc) is 2.60. The lowest BCUT2D eigenvalue weighted by atomic mass is 10.1. The van der Waals surface area contributed by atoms with Gasteiger partial charge in [-0.3, -0.25) is 0 Å². The van der Waals surface area contributed by atoms with E-state index in [-0.39, 0.29) is 24.2 Å². The summed E-state index contributed by atoms with van der Waals surface area (Å²) >= 11 is 5.12. The van der Waals surface area contributed by atoms with Crippen molar-refractivity contribution in [1.29, 1.82) is 0 Å². The van der Waals surface area contributed by atoms with Gasteiger partial charge < -0.3 is 14.7 Å². The van der Waals surface area contributed by atoms with Gasteiger partial charge in [0.05, 0.1) is 23.8 Å². The molecule has 1 aliphatic heterocycles. The molecule has 0 bridgehead atoms. The second-order valence-electron chi connectivity index (χ2n) is 4.00. The summed E-state index contributed by atoms with van der Waals surface area (Å²) in [4.78, 5) is 2.87. The van der Waals surface area contributed by atoms with Crippen LogP contribution in [0.3, 0.4) is 0 Å². The molecule has 5 nitrogen and oxygen atoms in total. The molecule has 1 aromatic rings. The highest BCUT2D eigenvalue weighted by atomic mass is 32.2. The maximum atomic E-state index is 11.3. The molecule has 0 amide bonds. The van der Waals surface area contributed by atoms with Gasteiger partial charge >= 0.3 is 0 Å². The van der Waals surface area contributed by atoms with Crippen molar-refractivity contribution in [2.24, 2.45) is 0 Å². The molecule has 0 aliphatic carbocycles. The van der Waals surface area contributed by atoms with Gasteiger partial charge in [-0.05, 0) is 25.1 Å². The van der Waals surface area contributed by atoms with Gasteiger partial charge in [0.1, 0.15) is 9.84 Å². The molecule has 1 aromatic heterocycles. The average molecular weight is 262 g/mol. The van der Waals surface area contributed by atoms with Crippen LogP contribution in [0.4, 0.5) is 0 Å². The van der Waals surface area contributed by atoms with Crippen LogP contribution < -0.4 is 0 Å². The smallest absolute Gasteiger partial charge is 0.177 e. The zero-order valence-corrected chi connectivity index (χ0v) is 10.4. The Bertz CT molecular complexity index is 515. The normalized spacial score (nSPS) is 21.1. The van der Waals surface area contributed by atoms with E-state index in [1.807, 2.05) is 4.57 Å². The fourth-order valence-electron chi connectivity index (χ4n) is 2.07. The first-order chi connectivity index (χ1) is 7.53. The van der Waals surface area contributed by atoms with Crippen LogP contribution in [-0.2, 0) is 16.4 Å². The number of nitrogens with one attached hydrogen (secondary N) is 1. The highest BCUT2D eigenvalue weighted by Crippen LogP contribution is 2.25. The first-order valence-corrected chi connectivity index (χ1v) is 7.36. The second kappa shape index (κ2) is 4.31. The highest BCUT2D eigenvalue weighted by Gasteiger charge is 2.26. The molecule has 90 valence electrons. The molecule has 2 heterocycles. The molecule has 0 spiro atoms. The summed E-state index contributed by atoms with van der Waals surface area (Å²) < 4.78 is 25.0. The Balaban J connectivity index is 2.26. The lowest BCUT2D eigenvalue weighted by Gasteiger charge is -2.24. The highest BCUT2D eigenvalue weighted by molar-refractivity contribution is 7.91. The number of H-pyrrole nitrogens is 1. The van der Waals surface area contributed by atoms with Gasteiger partial charge in [0, 0.05) is 12.2 Å². The summed E-state index contributed by atoms with van der Waals surface area (Å²) in [6, 6.07) is 0.0874. The molecule has 0 unspecified atom stereocenters. The van der Waals surface area contributed by atoms with Gasteiger partial charge in [0.25, 0.3) is 0 Å². The topological polar surface area (TPSA) is 75.1 Å². The molecule has 1 aliphatic rings. The van der Waals surface area contributed by atoms with E-state index >= 15 is 0 Å². The summed E-state index contributed by atoms with van der Waals surface area (Å²) in [6.07, 6.45) is 2.81. The summed E-state index contributed by atoms with van der Waals surface area (Å²) in [5.41, 5.74) is 0.717. The van der Waals surface area contributed by atoms with Gasteiger partial charge in [-0.15, -0.1) is 0 Å². The van der Waals surface area contributed by atoms with Crippen molar-refractivity contribution in [2.45, 2.75) is 25.5 Å². The van der Waals surface area contributed by atoms with Gasteiger partial charge in [0.15, 0.2) is 4.77 Å². The number of aromatic amines is 1. The predicted molar refractivity (Wildman–Crippen MR) is 62.5 cm³/mol. The standard InChI is InChI=1S/C9H14N2O3S2/c12-6-8-5-10-9(15)11(8)7-1-3-16(13,14)4-2-7/h5,7,12H,1-4,6H2,(H,10,15). The van der Waals surface area contributed by atoms with Crippen LogP contribution in [-0.4, -0.2) is 34.6 Å². The van der Waals surface area contributed by atoms with Crippen LogP contribution in [0, 0.1) is 4.77 Å². The lowest BCUT2D eigenvalue weighted by molar-refractivity contribution is 0.263. The molecule has 0 atom stereocenters. The third kappa shape index (κ3) is 2.21. The van der Waals surface area contributed by atoms with Crippen molar-refractivity contribution in [3.63, 3.8) is 0 Å². The molecular formula is C9H14N2O3S2. The first-order valence-electron chi connectivity index (χ1n) is 5.13. The number of hydrogen-bond donors (Lipinski definition) is 2. The number of rotatable bonds is 2. The Kier molecular flexibility index (Phi) is 3.18. The molecule has 0 saturated carbocycles. The maximum Gasteiger partial charge on any atom is 0.177 e. The lowest BCUT2D eigenvalue weighted by Crippen LogP contribution is -2.26. The van der Waals surface area contributed by atoms with E-state index in [9.17, 15) is 8.42 Å². The van der Waals surface area contributed by atoms with Gasteiger partial charge in [-0.2, -0.15) is 0 Å². The van der Waals surface area contributed by atoms with E-state index in [0.29, 0.717) is 23.3 Å². The van der Waals surface area contributed by atoms with Crippen LogP contribution >= 0.6 is 12.2 Å². The Morgan fingerprint density at radius 1 is 1.50 bits per heavy atom. The molecule has 2 rings (SSSR count). The van der Waals surface area contributed by atoms with Crippen molar-refractivity contribution < 1.29 is 13.5 Å². The van der Waals surface area contributed by atoms with Crippen molar-refractivity contribution >= 4 is 22.1 Å². The van der Waals surface area contributed by atoms with Gasteiger partial charge in [-0.25, -0.2) is 8.42 Å². The largest absolute Gasteiger partial charge is 0.390 e. The molecule has 7 heteroatoms. The Morgan fingerprint density at radius 2 is 2.12 bits per heavy atom. The molecule has 1 saturated heterocycles. The number of nitrogens with zero attached hydrogens (tertiary/aromatic N) is 1. The second-order valence-corrected chi connectivity index (χ2v) is 6.69. The fraction of sp³-hybridized carbons (Fsp3) is 0.667. The summed E-state index contributed by atoms with van der Waals surface area (Å²) in [6.45, 7) is -0.0869. The van der Waals surface area contributed by atoms with E-state index in [1.165, 1.54) is 0 Å². The number of aromatic nitrogens is 2. The van der Waals surface area contributed by atoms with Crippen LogP contribution in [0.25, 0.3) is 0 Å². The Hall–Kier alpha value is -0.660. The number of aliphatic hydroxyl groups excluding tert-OH is 1. The van der Waals surface area contributed by atoms with Crippen molar-refractivity contribution in [3.8, 4) is 0 Å². The monoisotopic (exact) mass is 262 g/mol. The summed E-state index contributed by atoms with van der Waals surface area (Å²) in [7, 11) is -2.86. The zero-order chi connectivity index (χ0) is 11.8. The van der Waals surface area contributed by atoms with Crippen molar-refractivity contribution in [2.75, 3.05) is 11.5 Å². The molecule has 1 fully saturated rings. The first kappa shape index (κ1) is 11.8. The fourth-order valence-corrected chi connectivity index (χ4v) is 3.86. The van der Waals surface area contributed by atoms with Gasteiger partial charge in [-0.1, -0.05) is 0 Å². The summed E-state index contributed by atoms with van der Waals surface area (Å²) in [5, 5.41) is 9.16. The molecule has 16 heavy (non-hydrogen) atoms. The SMILES string of the molecule is O=S1(=O)CCC(n2c(CO)c[nH]c2=S)CC1. The minimum Gasteiger partial charge on any atom is -0.390 e. The Labute approximate surface area is 99.0 Å². The van der Waals surface area contributed by atoms with Crippen molar-refractivity contribution in [1.82, 2.24) is 9.55 Å². The van der Waals surface area contributed by atoms with E-state index in [4.69, 9.17) is 17.3 Å². The molecule has 2 N–H and O–H groups in total. The third-order valence-electron chi connectivity index (χ3n) is 2.94. The van der Waals surface area contributed by atoms with Crippen LogP contribution in [0.2, 0.25) is 0 Å². The summed E-state index contributed by atoms with van der Waals surface area (Å²) in [5.74, 6) is 0.408. The predicted octanol–water partition coefficient (Wildman–Crippen LogP) is 0.788. The van der Waals surface area contributed by atoms with Crippen LogP contribution in [0.15, 0.2) is 6.20 Å². The number of aliphatic hydroxyl groups is 1. The van der Waals surface area contributed by atoms with Crippen molar-refractivity contribution in [3.05, 3.63) is 16.7 Å². The quantitative estimate of drug-likeness (QED) is 0.773. The molecular weight excluding hydrogens is 248 g/mol. The minimum absolute atomic E-state index is 0.0869. The third-order valence-corrected chi connectivity index (χ3v) is 4.97. The van der Waals surface area contributed by atoms with E-state index < -0.39 is 9.84 Å². The van der Waals surface area contributed by atoms with Crippen LogP contribution in [0.1, 0.15) is 24.6 Å². The zero-order valence-electron chi connectivity index (χ0n) is 8.72. The molecule has 0 aromatic carbocycles. The number of imidazole rings is 1. The van der Waals surface area contributed by atoms with E-state index in [2.05, 4.69) is 4.98 Å².